The molecule has 3 N–H and O–H groups in total. The molecule has 1 aromatic heterocycles. The number of esters is 1. The minimum absolute atomic E-state index is 0.0832. The van der Waals surface area contributed by atoms with Gasteiger partial charge in [-0.15, -0.1) is 0 Å². The number of methoxy groups -OCH3 is 3. The van der Waals surface area contributed by atoms with Crippen LogP contribution in [0.1, 0.15) is 23.7 Å². The Labute approximate surface area is 180 Å². The summed E-state index contributed by atoms with van der Waals surface area (Å²) < 4.78 is 21.0. The summed E-state index contributed by atoms with van der Waals surface area (Å²) >= 11 is 6.00. The van der Waals surface area contributed by atoms with Gasteiger partial charge in [-0.05, 0) is 19.4 Å². The van der Waals surface area contributed by atoms with Crippen LogP contribution in [-0.4, -0.2) is 87.6 Å². The van der Waals surface area contributed by atoms with E-state index in [1.165, 1.54) is 13.2 Å². The first-order chi connectivity index (χ1) is 14.3. The zero-order valence-electron chi connectivity index (χ0n) is 17.6. The van der Waals surface area contributed by atoms with Gasteiger partial charge in [0.1, 0.15) is 17.5 Å². The number of carbonyl (C=O) groups is 2. The van der Waals surface area contributed by atoms with Crippen molar-refractivity contribution in [3.63, 3.8) is 0 Å². The highest BCUT2D eigenvalue weighted by molar-refractivity contribution is 6.33. The van der Waals surface area contributed by atoms with Gasteiger partial charge in [0.05, 0.1) is 37.4 Å². The molecule has 11 heteroatoms. The molecule has 0 saturated carbocycles. The number of nitrogens with two attached hydrogens (primary N) is 1. The summed E-state index contributed by atoms with van der Waals surface area (Å²) in [5.74, 6) is -0.549. The number of aromatic nitrogens is 1. The summed E-state index contributed by atoms with van der Waals surface area (Å²) in [5, 5.41) is 3.10. The zero-order valence-corrected chi connectivity index (χ0v) is 18.4. The molecule has 3 atom stereocenters. The third-order valence-corrected chi connectivity index (χ3v) is 5.06. The smallest absolute Gasteiger partial charge is 0.320 e. The zero-order chi connectivity index (χ0) is 22.3. The van der Waals surface area contributed by atoms with Gasteiger partial charge in [0.2, 0.25) is 5.88 Å². The first kappa shape index (κ1) is 24.1. The van der Waals surface area contributed by atoms with Crippen LogP contribution in [0.25, 0.3) is 0 Å². The summed E-state index contributed by atoms with van der Waals surface area (Å²) in [4.78, 5) is 30.8. The molecule has 30 heavy (non-hydrogen) atoms. The third-order valence-electron chi connectivity index (χ3n) is 4.76. The van der Waals surface area contributed by atoms with E-state index in [0.717, 1.165) is 0 Å². The molecule has 0 spiro atoms. The average Bonchev–Trinajstić information content (AvgIpc) is 2.70. The minimum atomic E-state index is -0.394. The number of nitrogen functional groups attached to an aromatic ring is 1. The van der Waals surface area contributed by atoms with E-state index >= 15 is 0 Å². The predicted octanol–water partition coefficient (Wildman–Crippen LogP) is 0.723. The predicted molar refractivity (Wildman–Crippen MR) is 111 cm³/mol. The van der Waals surface area contributed by atoms with E-state index in [1.807, 2.05) is 4.90 Å². The minimum Gasteiger partial charge on any atom is -0.480 e. The van der Waals surface area contributed by atoms with Crippen molar-refractivity contribution >= 4 is 29.3 Å². The number of anilines is 1. The number of nitrogens with one attached hydrogen (secondary N) is 1. The van der Waals surface area contributed by atoms with Gasteiger partial charge in [-0.3, -0.25) is 14.5 Å². The van der Waals surface area contributed by atoms with E-state index in [2.05, 4.69) is 10.3 Å². The van der Waals surface area contributed by atoms with E-state index in [0.29, 0.717) is 26.1 Å². The third kappa shape index (κ3) is 6.43. The number of hydrogen-bond acceptors (Lipinski definition) is 9. The van der Waals surface area contributed by atoms with E-state index in [1.54, 1.807) is 21.1 Å². The van der Waals surface area contributed by atoms with E-state index in [4.69, 9.17) is 36.3 Å². The maximum absolute atomic E-state index is 12.8. The van der Waals surface area contributed by atoms with Crippen LogP contribution in [0.2, 0.25) is 5.02 Å². The fraction of sp³-hybridized carbons (Fsp3) is 0.632. The second-order valence-electron chi connectivity index (χ2n) is 7.05. The first-order valence-electron chi connectivity index (χ1n) is 9.53. The van der Waals surface area contributed by atoms with Crippen LogP contribution in [0.5, 0.6) is 5.88 Å². The molecule has 1 amide bonds. The maximum Gasteiger partial charge on any atom is 0.320 e. The molecule has 1 fully saturated rings. The molecule has 2 rings (SSSR count). The number of likely N-dealkylation sites (tertiary alicyclic amines) is 1. The highest BCUT2D eigenvalue weighted by atomic mass is 35.5. The number of rotatable bonds is 9. The highest BCUT2D eigenvalue weighted by Gasteiger charge is 2.32. The van der Waals surface area contributed by atoms with Gasteiger partial charge < -0.3 is 30.0 Å². The first-order valence-corrected chi connectivity index (χ1v) is 9.91. The number of piperidine rings is 1. The second kappa shape index (κ2) is 11.3. The van der Waals surface area contributed by atoms with Crippen LogP contribution in [0.4, 0.5) is 5.82 Å². The Morgan fingerprint density at radius 2 is 2.13 bits per heavy atom. The number of carbonyl (C=O) groups excluding carboxylic acids is 2. The van der Waals surface area contributed by atoms with Gasteiger partial charge in [0.15, 0.2) is 0 Å². The fourth-order valence-corrected chi connectivity index (χ4v) is 3.44. The van der Waals surface area contributed by atoms with Crippen molar-refractivity contribution in [2.45, 2.75) is 31.6 Å². The molecule has 1 aliphatic rings. The summed E-state index contributed by atoms with van der Waals surface area (Å²) in [7, 11) is 4.51. The quantitative estimate of drug-likeness (QED) is 0.530. The van der Waals surface area contributed by atoms with Crippen molar-refractivity contribution in [2.75, 3.05) is 53.3 Å². The topological polar surface area (TPSA) is 125 Å². The maximum atomic E-state index is 12.8. The van der Waals surface area contributed by atoms with E-state index in [-0.39, 0.29) is 53.0 Å². The Morgan fingerprint density at radius 3 is 2.77 bits per heavy atom. The Kier molecular flexibility index (Phi) is 9.09. The number of ether oxygens (including phenoxy) is 4. The molecule has 1 aromatic rings. The lowest BCUT2D eigenvalue weighted by Gasteiger charge is -2.37. The largest absolute Gasteiger partial charge is 0.480 e. The molecule has 2 heterocycles. The number of amides is 1. The molecule has 168 valence electrons. The highest BCUT2D eigenvalue weighted by Crippen LogP contribution is 2.25. The van der Waals surface area contributed by atoms with Crippen LogP contribution in [0.3, 0.4) is 0 Å². The second-order valence-corrected chi connectivity index (χ2v) is 7.45. The van der Waals surface area contributed by atoms with Gasteiger partial charge in [0.25, 0.3) is 5.91 Å². The molecule has 0 aliphatic carbocycles. The molecular formula is C19H29ClN4O6. The fourth-order valence-electron chi connectivity index (χ4n) is 3.29. The molecule has 1 saturated heterocycles. The Balaban J connectivity index is 1.97. The Morgan fingerprint density at radius 1 is 1.40 bits per heavy atom. The number of nitrogens with zero attached hydrogens (tertiary/aromatic N) is 2. The van der Waals surface area contributed by atoms with Gasteiger partial charge in [-0.1, -0.05) is 11.6 Å². The molecule has 0 bridgehead atoms. The SMILES string of the molecule is COCC(C)OC(=O)CN1CC[C@H](NC(=O)c2cc(Cl)c(N)nc2OC)[C@H](OC)C1. The van der Waals surface area contributed by atoms with Gasteiger partial charge >= 0.3 is 5.97 Å². The lowest BCUT2D eigenvalue weighted by molar-refractivity contribution is -0.152. The summed E-state index contributed by atoms with van der Waals surface area (Å²) in [6.45, 7) is 3.31. The molecule has 1 aliphatic heterocycles. The summed E-state index contributed by atoms with van der Waals surface area (Å²) in [6, 6.07) is 1.16. The molecular weight excluding hydrogens is 416 g/mol. The standard InChI is InChI=1S/C19H29ClN4O6/c1-11(10-27-2)30-16(25)9-24-6-5-14(15(8-24)28-3)22-18(26)12-7-13(20)17(21)23-19(12)29-4/h7,11,14-15H,5-6,8-10H2,1-4H3,(H2,21,23)(H,22,26)/t11?,14-,15+/m0/s1. The van der Waals surface area contributed by atoms with Crippen LogP contribution >= 0.6 is 11.6 Å². The van der Waals surface area contributed by atoms with Crippen LogP contribution in [-0.2, 0) is 19.0 Å². The van der Waals surface area contributed by atoms with Crippen molar-refractivity contribution in [1.29, 1.82) is 0 Å². The van der Waals surface area contributed by atoms with Crippen molar-refractivity contribution < 1.29 is 28.5 Å². The lowest BCUT2D eigenvalue weighted by atomic mass is 10.0. The average molecular weight is 445 g/mol. The molecule has 0 radical (unpaired) electrons. The Hall–Kier alpha value is -2.14. The van der Waals surface area contributed by atoms with E-state index < -0.39 is 5.91 Å². The van der Waals surface area contributed by atoms with Crippen LogP contribution in [0.15, 0.2) is 6.07 Å². The summed E-state index contributed by atoms with van der Waals surface area (Å²) in [5.41, 5.74) is 5.85. The van der Waals surface area contributed by atoms with Gasteiger partial charge in [-0.2, -0.15) is 4.98 Å². The van der Waals surface area contributed by atoms with Crippen LogP contribution < -0.4 is 15.8 Å². The molecule has 0 aromatic carbocycles. The van der Waals surface area contributed by atoms with Gasteiger partial charge in [-0.25, -0.2) is 0 Å². The van der Waals surface area contributed by atoms with Crippen LogP contribution in [0, 0.1) is 0 Å². The molecule has 1 unspecified atom stereocenters. The van der Waals surface area contributed by atoms with Crippen molar-refractivity contribution in [3.05, 3.63) is 16.7 Å². The number of hydrogen-bond donors (Lipinski definition) is 2. The van der Waals surface area contributed by atoms with Crippen molar-refractivity contribution in [2.24, 2.45) is 0 Å². The molecule has 10 nitrogen and oxygen atoms in total. The monoisotopic (exact) mass is 444 g/mol. The Bertz CT molecular complexity index is 750. The van der Waals surface area contributed by atoms with Gasteiger partial charge in [0, 0.05) is 27.3 Å². The van der Waals surface area contributed by atoms with Crippen molar-refractivity contribution in [3.8, 4) is 5.88 Å². The normalized spacial score (nSPS) is 20.4. The number of halogens is 1. The van der Waals surface area contributed by atoms with Crippen molar-refractivity contribution in [1.82, 2.24) is 15.2 Å². The van der Waals surface area contributed by atoms with E-state index in [9.17, 15) is 9.59 Å². The lowest BCUT2D eigenvalue weighted by Crippen LogP contribution is -2.55. The number of pyridine rings is 1. The summed E-state index contributed by atoms with van der Waals surface area (Å²) in [6.07, 6.45) is -0.0353.